The molecule has 0 saturated carbocycles. The summed E-state index contributed by atoms with van der Waals surface area (Å²) in [6.07, 6.45) is 0.968. The summed E-state index contributed by atoms with van der Waals surface area (Å²) < 4.78 is 37.9. The van der Waals surface area contributed by atoms with E-state index in [4.69, 9.17) is 9.47 Å². The number of methoxy groups -OCH3 is 2. The molecule has 0 unspecified atom stereocenters. The topological polar surface area (TPSA) is 88.2 Å². The normalized spacial score (nSPS) is 15.2. The Hall–Kier alpha value is -2.78. The molecule has 0 atom stereocenters. The fraction of sp³-hybridized carbons (Fsp3) is 0.435. The smallest absolute Gasteiger partial charge is 0.243 e. The van der Waals surface area contributed by atoms with Gasteiger partial charge < -0.3 is 19.7 Å². The zero-order valence-electron chi connectivity index (χ0n) is 19.0. The monoisotopic (exact) mass is 461 g/mol. The molecule has 3 rings (SSSR count). The maximum absolute atomic E-state index is 13.0. The number of sulfonamides is 1. The molecule has 2 aromatic carbocycles. The van der Waals surface area contributed by atoms with E-state index in [1.165, 1.54) is 30.7 Å². The molecule has 0 radical (unpaired) electrons. The summed E-state index contributed by atoms with van der Waals surface area (Å²) in [5, 5.41) is 2.98. The van der Waals surface area contributed by atoms with Gasteiger partial charge in [-0.1, -0.05) is 12.1 Å². The second-order valence-electron chi connectivity index (χ2n) is 7.97. The predicted molar refractivity (Wildman–Crippen MR) is 124 cm³/mol. The number of piperidine rings is 1. The van der Waals surface area contributed by atoms with E-state index in [1.54, 1.807) is 6.07 Å². The van der Waals surface area contributed by atoms with Crippen LogP contribution < -0.4 is 19.7 Å². The van der Waals surface area contributed by atoms with E-state index in [0.717, 1.165) is 11.3 Å². The van der Waals surface area contributed by atoms with E-state index in [1.807, 2.05) is 43.3 Å². The summed E-state index contributed by atoms with van der Waals surface area (Å²) in [7, 11) is 3.26. The molecule has 1 fully saturated rings. The SMILES string of the molecule is COc1ccc(S(=O)(=O)N2CCC(C(=O)NCc3ccc(N(C)C)cc3)CC2)cc1OC. The highest BCUT2D eigenvalue weighted by molar-refractivity contribution is 7.89. The van der Waals surface area contributed by atoms with Gasteiger partial charge in [-0.25, -0.2) is 8.42 Å². The van der Waals surface area contributed by atoms with Crippen LogP contribution in [-0.4, -0.2) is 60.0 Å². The van der Waals surface area contributed by atoms with Crippen molar-refractivity contribution < 1.29 is 22.7 Å². The van der Waals surface area contributed by atoms with Gasteiger partial charge in [-0.15, -0.1) is 0 Å². The number of rotatable bonds is 8. The van der Waals surface area contributed by atoms with Gasteiger partial charge in [0.25, 0.3) is 0 Å². The second-order valence-corrected chi connectivity index (χ2v) is 9.91. The van der Waals surface area contributed by atoms with Gasteiger partial charge >= 0.3 is 0 Å². The molecule has 0 aliphatic carbocycles. The summed E-state index contributed by atoms with van der Waals surface area (Å²) in [6.45, 7) is 1.05. The first-order valence-electron chi connectivity index (χ1n) is 10.5. The zero-order valence-corrected chi connectivity index (χ0v) is 19.8. The minimum atomic E-state index is -3.67. The number of carbonyl (C=O) groups is 1. The molecule has 1 saturated heterocycles. The average molecular weight is 462 g/mol. The van der Waals surface area contributed by atoms with Crippen LogP contribution in [0.5, 0.6) is 11.5 Å². The first-order chi connectivity index (χ1) is 15.3. The Morgan fingerprint density at radius 3 is 2.22 bits per heavy atom. The molecule has 1 heterocycles. The van der Waals surface area contributed by atoms with Crippen LogP contribution in [0.1, 0.15) is 18.4 Å². The lowest BCUT2D eigenvalue weighted by Crippen LogP contribution is -2.42. The van der Waals surface area contributed by atoms with Crippen molar-refractivity contribution in [1.29, 1.82) is 0 Å². The van der Waals surface area contributed by atoms with Crippen LogP contribution in [0.15, 0.2) is 47.4 Å². The van der Waals surface area contributed by atoms with E-state index in [0.29, 0.717) is 44.0 Å². The van der Waals surface area contributed by atoms with E-state index in [2.05, 4.69) is 5.32 Å². The minimum absolute atomic E-state index is 0.0372. The number of carbonyl (C=O) groups excluding carboxylic acids is 1. The number of hydrogen-bond acceptors (Lipinski definition) is 6. The van der Waals surface area contributed by atoms with E-state index in [9.17, 15) is 13.2 Å². The maximum Gasteiger partial charge on any atom is 0.243 e. The fourth-order valence-electron chi connectivity index (χ4n) is 3.73. The number of ether oxygens (including phenoxy) is 2. The van der Waals surface area contributed by atoms with Crippen molar-refractivity contribution in [2.24, 2.45) is 5.92 Å². The van der Waals surface area contributed by atoms with Gasteiger partial charge in [0.15, 0.2) is 11.5 Å². The van der Waals surface area contributed by atoms with Crippen LogP contribution in [0.3, 0.4) is 0 Å². The van der Waals surface area contributed by atoms with Crippen LogP contribution >= 0.6 is 0 Å². The Morgan fingerprint density at radius 1 is 1.03 bits per heavy atom. The van der Waals surface area contributed by atoms with Crippen LogP contribution in [-0.2, 0) is 21.4 Å². The Bertz CT molecular complexity index is 1030. The molecule has 1 aliphatic rings. The Labute approximate surface area is 190 Å². The standard InChI is InChI=1S/C23H31N3O5S/c1-25(2)19-7-5-17(6-8-19)16-24-23(27)18-11-13-26(14-12-18)32(28,29)20-9-10-21(30-3)22(15-20)31-4/h5-10,15,18H,11-14,16H2,1-4H3,(H,24,27). The molecule has 8 nitrogen and oxygen atoms in total. The van der Waals surface area contributed by atoms with Gasteiger partial charge in [0, 0.05) is 51.4 Å². The summed E-state index contributed by atoms with van der Waals surface area (Å²) in [4.78, 5) is 14.8. The largest absolute Gasteiger partial charge is 0.493 e. The van der Waals surface area contributed by atoms with Crippen LogP contribution in [0.25, 0.3) is 0 Å². The molecule has 32 heavy (non-hydrogen) atoms. The highest BCUT2D eigenvalue weighted by Gasteiger charge is 2.32. The number of anilines is 1. The highest BCUT2D eigenvalue weighted by Crippen LogP contribution is 2.32. The molecule has 1 N–H and O–H groups in total. The van der Waals surface area contributed by atoms with Crippen molar-refractivity contribution >= 4 is 21.6 Å². The minimum Gasteiger partial charge on any atom is -0.493 e. The van der Waals surface area contributed by atoms with Gasteiger partial charge in [0.2, 0.25) is 15.9 Å². The number of amides is 1. The third-order valence-electron chi connectivity index (χ3n) is 5.74. The first kappa shape index (κ1) is 23.9. The van der Waals surface area contributed by atoms with Crippen molar-refractivity contribution in [2.45, 2.75) is 24.3 Å². The third-order valence-corrected chi connectivity index (χ3v) is 7.63. The van der Waals surface area contributed by atoms with Crippen molar-refractivity contribution in [2.75, 3.05) is 46.3 Å². The Balaban J connectivity index is 1.56. The molecular weight excluding hydrogens is 430 g/mol. The molecule has 2 aromatic rings. The highest BCUT2D eigenvalue weighted by atomic mass is 32.2. The lowest BCUT2D eigenvalue weighted by Gasteiger charge is -2.30. The Morgan fingerprint density at radius 2 is 1.66 bits per heavy atom. The fourth-order valence-corrected chi connectivity index (χ4v) is 5.22. The van der Waals surface area contributed by atoms with Crippen molar-refractivity contribution in [3.05, 3.63) is 48.0 Å². The number of hydrogen-bond donors (Lipinski definition) is 1. The second kappa shape index (κ2) is 10.2. The van der Waals surface area contributed by atoms with E-state index >= 15 is 0 Å². The zero-order chi connectivity index (χ0) is 23.3. The van der Waals surface area contributed by atoms with E-state index < -0.39 is 10.0 Å². The van der Waals surface area contributed by atoms with Gasteiger partial charge in [0.1, 0.15) is 0 Å². The van der Waals surface area contributed by atoms with Gasteiger partial charge in [-0.2, -0.15) is 4.31 Å². The number of nitrogens with one attached hydrogen (secondary N) is 1. The van der Waals surface area contributed by atoms with Gasteiger partial charge in [-0.3, -0.25) is 4.79 Å². The van der Waals surface area contributed by atoms with Crippen LogP contribution in [0.4, 0.5) is 5.69 Å². The van der Waals surface area contributed by atoms with Crippen LogP contribution in [0.2, 0.25) is 0 Å². The van der Waals surface area contributed by atoms with Crippen molar-refractivity contribution in [1.82, 2.24) is 9.62 Å². The molecule has 174 valence electrons. The summed E-state index contributed by atoms with van der Waals surface area (Å²) in [5.41, 5.74) is 2.13. The molecule has 1 amide bonds. The molecule has 0 bridgehead atoms. The average Bonchev–Trinajstić information content (AvgIpc) is 2.82. The molecular formula is C23H31N3O5S. The van der Waals surface area contributed by atoms with Crippen LogP contribution in [0, 0.1) is 5.92 Å². The lowest BCUT2D eigenvalue weighted by atomic mass is 9.97. The summed E-state index contributed by atoms with van der Waals surface area (Å²) in [5.74, 6) is 0.595. The number of benzene rings is 2. The Kier molecular flexibility index (Phi) is 7.63. The van der Waals surface area contributed by atoms with E-state index in [-0.39, 0.29) is 16.7 Å². The van der Waals surface area contributed by atoms with Crippen molar-refractivity contribution in [3.8, 4) is 11.5 Å². The first-order valence-corrected chi connectivity index (χ1v) is 12.0. The molecule has 9 heteroatoms. The predicted octanol–water partition coefficient (Wildman–Crippen LogP) is 2.49. The summed E-state index contributed by atoms with van der Waals surface area (Å²) >= 11 is 0. The molecule has 0 spiro atoms. The maximum atomic E-state index is 13.0. The lowest BCUT2D eigenvalue weighted by molar-refractivity contribution is -0.126. The summed E-state index contributed by atoms with van der Waals surface area (Å²) in [6, 6.07) is 12.6. The molecule has 1 aliphatic heterocycles. The van der Waals surface area contributed by atoms with Crippen molar-refractivity contribution in [3.63, 3.8) is 0 Å². The van der Waals surface area contributed by atoms with Gasteiger partial charge in [0.05, 0.1) is 19.1 Å². The molecule has 0 aromatic heterocycles. The third kappa shape index (κ3) is 5.34. The number of nitrogens with zero attached hydrogens (tertiary/aromatic N) is 2. The quantitative estimate of drug-likeness (QED) is 0.650. The van der Waals surface area contributed by atoms with Gasteiger partial charge in [-0.05, 0) is 42.7 Å².